The van der Waals surface area contributed by atoms with Crippen LogP contribution in [0.15, 0.2) is 30.5 Å². The molecule has 3 rings (SSSR count). The molecule has 0 amide bonds. The van der Waals surface area contributed by atoms with Crippen LogP contribution in [0.5, 0.6) is 0 Å². The van der Waals surface area contributed by atoms with Crippen LogP contribution in [0.3, 0.4) is 0 Å². The molecular formula is C25H39ClN4. The highest BCUT2D eigenvalue weighted by Crippen LogP contribution is 2.30. The Morgan fingerprint density at radius 3 is 2.57 bits per heavy atom. The van der Waals surface area contributed by atoms with E-state index in [9.17, 15) is 0 Å². The minimum absolute atomic E-state index is 0.515. The van der Waals surface area contributed by atoms with Gasteiger partial charge in [-0.1, -0.05) is 77.5 Å². The summed E-state index contributed by atoms with van der Waals surface area (Å²) in [5, 5.41) is 7.72. The van der Waals surface area contributed by atoms with Crippen molar-refractivity contribution in [1.29, 1.82) is 0 Å². The monoisotopic (exact) mass is 430 g/mol. The number of nitrogens with one attached hydrogen (secondary N) is 2. The van der Waals surface area contributed by atoms with Crippen molar-refractivity contribution in [3.8, 4) is 11.3 Å². The van der Waals surface area contributed by atoms with E-state index in [0.717, 1.165) is 29.4 Å². The number of halogens is 1. The normalized spacial score (nSPS) is 15.1. The van der Waals surface area contributed by atoms with Crippen molar-refractivity contribution in [3.05, 3.63) is 35.5 Å². The first-order chi connectivity index (χ1) is 14.7. The van der Waals surface area contributed by atoms with Crippen LogP contribution in [0.1, 0.15) is 79.1 Å². The number of anilines is 2. The van der Waals surface area contributed by atoms with Gasteiger partial charge in [-0.2, -0.15) is 0 Å². The summed E-state index contributed by atoms with van der Waals surface area (Å²) < 4.78 is 0. The Morgan fingerprint density at radius 1 is 1.10 bits per heavy atom. The van der Waals surface area contributed by atoms with E-state index in [0.29, 0.717) is 17.0 Å². The van der Waals surface area contributed by atoms with E-state index in [4.69, 9.17) is 16.6 Å². The van der Waals surface area contributed by atoms with Crippen molar-refractivity contribution in [2.24, 2.45) is 5.92 Å². The molecule has 0 saturated heterocycles. The highest BCUT2D eigenvalue weighted by molar-refractivity contribution is 6.33. The Balaban J connectivity index is 0.00000155. The summed E-state index contributed by atoms with van der Waals surface area (Å²) >= 11 is 6.47. The zero-order valence-electron chi connectivity index (χ0n) is 19.2. The van der Waals surface area contributed by atoms with Crippen molar-refractivity contribution in [2.45, 2.75) is 85.1 Å². The molecule has 0 spiro atoms. The third-order valence-corrected chi connectivity index (χ3v) is 5.98. The summed E-state index contributed by atoms with van der Waals surface area (Å²) in [5.74, 6) is 2.48. The third-order valence-electron chi connectivity index (χ3n) is 5.68. The van der Waals surface area contributed by atoms with Gasteiger partial charge in [-0.25, -0.2) is 9.97 Å². The van der Waals surface area contributed by atoms with Gasteiger partial charge in [0.15, 0.2) is 0 Å². The van der Waals surface area contributed by atoms with Gasteiger partial charge < -0.3 is 10.6 Å². The molecule has 2 N–H and O–H groups in total. The summed E-state index contributed by atoms with van der Waals surface area (Å²) in [4.78, 5) is 9.29. The fourth-order valence-electron chi connectivity index (χ4n) is 3.96. The molecule has 0 aromatic carbocycles. The zero-order valence-corrected chi connectivity index (χ0v) is 19.9. The molecule has 0 bridgehead atoms. The number of pyridine rings is 2. The average Bonchev–Trinajstić information content (AvgIpc) is 2.80. The van der Waals surface area contributed by atoms with Gasteiger partial charge in [-0.3, -0.25) is 0 Å². The van der Waals surface area contributed by atoms with Crippen molar-refractivity contribution < 1.29 is 0 Å². The molecular weight excluding hydrogens is 392 g/mol. The third kappa shape index (κ3) is 7.46. The first kappa shape index (κ1) is 24.5. The lowest BCUT2D eigenvalue weighted by atomic mass is 9.95. The maximum atomic E-state index is 6.47. The van der Waals surface area contributed by atoms with Gasteiger partial charge in [0.2, 0.25) is 0 Å². The van der Waals surface area contributed by atoms with Crippen LogP contribution in [0.25, 0.3) is 11.3 Å². The molecule has 1 fully saturated rings. The first-order valence-electron chi connectivity index (χ1n) is 11.8. The maximum Gasteiger partial charge on any atom is 0.126 e. The second kappa shape index (κ2) is 13.5. The molecule has 1 unspecified atom stereocenters. The predicted molar refractivity (Wildman–Crippen MR) is 132 cm³/mol. The van der Waals surface area contributed by atoms with Gasteiger partial charge in [0.05, 0.1) is 10.7 Å². The van der Waals surface area contributed by atoms with Crippen LogP contribution >= 0.6 is 11.6 Å². The molecule has 2 aromatic rings. The number of nitrogens with zero attached hydrogens (tertiary/aromatic N) is 2. The second-order valence-corrected chi connectivity index (χ2v) is 8.29. The number of rotatable bonds is 9. The molecule has 1 atom stereocenters. The van der Waals surface area contributed by atoms with Crippen molar-refractivity contribution in [1.82, 2.24) is 9.97 Å². The van der Waals surface area contributed by atoms with Gasteiger partial charge in [0.25, 0.3) is 0 Å². The van der Waals surface area contributed by atoms with Gasteiger partial charge in [-0.15, -0.1) is 0 Å². The molecule has 5 heteroatoms. The highest BCUT2D eigenvalue weighted by atomic mass is 35.5. The Morgan fingerprint density at radius 2 is 1.87 bits per heavy atom. The van der Waals surface area contributed by atoms with E-state index in [1.807, 2.05) is 38.1 Å². The molecule has 1 aliphatic carbocycles. The fraction of sp³-hybridized carbons (Fsp3) is 0.600. The lowest BCUT2D eigenvalue weighted by Crippen LogP contribution is -2.22. The average molecular weight is 431 g/mol. The summed E-state index contributed by atoms with van der Waals surface area (Å²) in [6.45, 7) is 9.45. The van der Waals surface area contributed by atoms with Gasteiger partial charge >= 0.3 is 0 Å². The van der Waals surface area contributed by atoms with Crippen molar-refractivity contribution >= 4 is 23.2 Å². The van der Waals surface area contributed by atoms with Crippen LogP contribution in [-0.2, 0) is 0 Å². The van der Waals surface area contributed by atoms with Crippen molar-refractivity contribution in [3.63, 3.8) is 0 Å². The Bertz CT molecular complexity index is 744. The first-order valence-corrected chi connectivity index (χ1v) is 12.2. The van der Waals surface area contributed by atoms with E-state index in [-0.39, 0.29) is 0 Å². The predicted octanol–water partition coefficient (Wildman–Crippen LogP) is 7.81. The molecule has 30 heavy (non-hydrogen) atoms. The van der Waals surface area contributed by atoms with E-state index in [1.165, 1.54) is 51.4 Å². The van der Waals surface area contributed by atoms with Crippen LogP contribution in [0, 0.1) is 5.92 Å². The number of aromatic nitrogens is 2. The lowest BCUT2D eigenvalue weighted by Gasteiger charge is -2.23. The van der Waals surface area contributed by atoms with Crippen LogP contribution in [0.2, 0.25) is 5.02 Å². The second-order valence-electron chi connectivity index (χ2n) is 7.88. The minimum Gasteiger partial charge on any atom is -0.370 e. The summed E-state index contributed by atoms with van der Waals surface area (Å²) in [6, 6.07) is 8.63. The molecule has 1 aliphatic rings. The summed E-state index contributed by atoms with van der Waals surface area (Å²) in [6.07, 6.45) is 11.8. The quantitative estimate of drug-likeness (QED) is 0.425. The van der Waals surface area contributed by atoms with Gasteiger partial charge in [0, 0.05) is 24.3 Å². The Hall–Kier alpha value is -1.81. The topological polar surface area (TPSA) is 49.8 Å². The molecule has 2 aromatic heterocycles. The van der Waals surface area contributed by atoms with Crippen molar-refractivity contribution in [2.75, 3.05) is 17.2 Å². The standard InChI is InChI=1S/C23H33ClN4.C2H6/c1-3-9-17(4-2)15-25-22-13-8-12-21(28-22)19-14-23(26-16-20(19)24)27-18-10-6-5-7-11-18;1-2/h8,12-14,16-18H,3-7,9-11,15H2,1-2H3,(H,25,28)(H,26,27);1-2H3. The molecule has 4 nitrogen and oxygen atoms in total. The molecule has 0 aliphatic heterocycles. The number of hydrogen-bond donors (Lipinski definition) is 2. The zero-order chi connectivity index (χ0) is 21.8. The maximum absolute atomic E-state index is 6.47. The van der Waals surface area contributed by atoms with Gasteiger partial charge in [-0.05, 0) is 43.4 Å². The van der Waals surface area contributed by atoms with Crippen LogP contribution in [-0.4, -0.2) is 22.6 Å². The largest absolute Gasteiger partial charge is 0.370 e. The van der Waals surface area contributed by atoms with Gasteiger partial charge in [0.1, 0.15) is 11.6 Å². The van der Waals surface area contributed by atoms with E-state index in [2.05, 4.69) is 29.5 Å². The Kier molecular flexibility index (Phi) is 11.0. The molecule has 166 valence electrons. The Labute approximate surface area is 188 Å². The van der Waals surface area contributed by atoms with Crippen LogP contribution < -0.4 is 10.6 Å². The lowest BCUT2D eigenvalue weighted by molar-refractivity contribution is 0.462. The number of hydrogen-bond acceptors (Lipinski definition) is 4. The molecule has 1 saturated carbocycles. The summed E-state index contributed by atoms with van der Waals surface area (Å²) in [7, 11) is 0. The van der Waals surface area contributed by atoms with E-state index < -0.39 is 0 Å². The van der Waals surface area contributed by atoms with E-state index in [1.54, 1.807) is 6.20 Å². The van der Waals surface area contributed by atoms with E-state index >= 15 is 0 Å². The highest BCUT2D eigenvalue weighted by Gasteiger charge is 2.15. The fourth-order valence-corrected chi connectivity index (χ4v) is 4.16. The van der Waals surface area contributed by atoms with Crippen LogP contribution in [0.4, 0.5) is 11.6 Å². The smallest absolute Gasteiger partial charge is 0.126 e. The molecule has 0 radical (unpaired) electrons. The SMILES string of the molecule is CC.CCCC(CC)CNc1cccc(-c2cc(NC3CCCCC3)ncc2Cl)n1. The molecule has 2 heterocycles. The summed E-state index contributed by atoms with van der Waals surface area (Å²) in [5.41, 5.74) is 1.81. The minimum atomic E-state index is 0.515.